The van der Waals surface area contributed by atoms with Crippen LogP contribution in [0.1, 0.15) is 32.1 Å². The second kappa shape index (κ2) is 5.79. The van der Waals surface area contributed by atoms with Crippen molar-refractivity contribution >= 4 is 21.7 Å². The van der Waals surface area contributed by atoms with Crippen LogP contribution in [0.5, 0.6) is 0 Å². The first-order chi connectivity index (χ1) is 9.82. The molecule has 2 fully saturated rings. The first kappa shape index (κ1) is 16.0. The number of nitrogens with one attached hydrogen (secondary N) is 1. The Labute approximate surface area is 125 Å². The third kappa shape index (κ3) is 2.84. The van der Waals surface area contributed by atoms with E-state index in [0.717, 1.165) is 25.3 Å². The summed E-state index contributed by atoms with van der Waals surface area (Å²) in [7, 11) is -1.59. The Morgan fingerprint density at radius 3 is 2.48 bits per heavy atom. The SMILES string of the molecule is C=CC(=O)N(C)CC(=O)NC1CS(=O)(=O)C12CCCCC2. The summed E-state index contributed by atoms with van der Waals surface area (Å²) in [5.74, 6) is -0.644. The van der Waals surface area contributed by atoms with Crippen molar-refractivity contribution in [3.05, 3.63) is 12.7 Å². The van der Waals surface area contributed by atoms with Gasteiger partial charge in [-0.05, 0) is 18.9 Å². The lowest BCUT2D eigenvalue weighted by molar-refractivity contribution is -0.131. The summed E-state index contributed by atoms with van der Waals surface area (Å²) in [5.41, 5.74) is 0. The van der Waals surface area contributed by atoms with Crippen molar-refractivity contribution in [3.63, 3.8) is 0 Å². The molecule has 21 heavy (non-hydrogen) atoms. The topological polar surface area (TPSA) is 83.6 Å². The van der Waals surface area contributed by atoms with Crippen molar-refractivity contribution in [3.8, 4) is 0 Å². The fraction of sp³-hybridized carbons (Fsp3) is 0.714. The minimum absolute atomic E-state index is 0.0118. The molecule has 0 aromatic rings. The highest BCUT2D eigenvalue weighted by atomic mass is 32.2. The molecule has 1 saturated heterocycles. The molecule has 1 spiro atoms. The molecule has 7 heteroatoms. The van der Waals surface area contributed by atoms with Crippen LogP contribution < -0.4 is 5.32 Å². The summed E-state index contributed by atoms with van der Waals surface area (Å²) >= 11 is 0. The molecule has 1 unspecified atom stereocenters. The summed E-state index contributed by atoms with van der Waals surface area (Å²) in [5, 5.41) is 2.80. The van der Waals surface area contributed by atoms with Gasteiger partial charge >= 0.3 is 0 Å². The van der Waals surface area contributed by atoms with Gasteiger partial charge in [-0.15, -0.1) is 0 Å². The van der Waals surface area contributed by atoms with Crippen molar-refractivity contribution in [1.29, 1.82) is 0 Å². The lowest BCUT2D eigenvalue weighted by Gasteiger charge is -2.50. The smallest absolute Gasteiger partial charge is 0.246 e. The Bertz CT molecular complexity index is 549. The fourth-order valence-corrected chi connectivity index (χ4v) is 5.69. The minimum Gasteiger partial charge on any atom is -0.349 e. The Hall–Kier alpha value is -1.37. The van der Waals surface area contributed by atoms with E-state index in [9.17, 15) is 18.0 Å². The summed E-state index contributed by atoms with van der Waals surface area (Å²) in [6, 6.07) is -0.317. The Balaban J connectivity index is 1.98. The predicted molar refractivity (Wildman–Crippen MR) is 79.4 cm³/mol. The van der Waals surface area contributed by atoms with E-state index in [1.165, 1.54) is 11.9 Å². The van der Waals surface area contributed by atoms with Crippen molar-refractivity contribution in [2.45, 2.75) is 42.9 Å². The van der Waals surface area contributed by atoms with Gasteiger partial charge in [0, 0.05) is 7.05 Å². The molecule has 0 bridgehead atoms. The quantitative estimate of drug-likeness (QED) is 0.754. The van der Waals surface area contributed by atoms with E-state index in [1.54, 1.807) is 0 Å². The number of hydrogen-bond donors (Lipinski definition) is 1. The van der Waals surface area contributed by atoms with E-state index >= 15 is 0 Å². The molecular weight excluding hydrogens is 292 g/mol. The summed E-state index contributed by atoms with van der Waals surface area (Å²) in [6.45, 7) is 3.28. The van der Waals surface area contributed by atoms with Gasteiger partial charge in [0.2, 0.25) is 11.8 Å². The summed E-state index contributed by atoms with van der Waals surface area (Å²) in [4.78, 5) is 24.6. The molecule has 2 rings (SSSR count). The minimum atomic E-state index is -3.10. The van der Waals surface area contributed by atoms with Crippen molar-refractivity contribution < 1.29 is 18.0 Å². The standard InChI is InChI=1S/C14H22N2O4S/c1-3-13(18)16(2)9-12(17)15-11-10-21(19,20)14(11)7-5-4-6-8-14/h3,11H,1,4-10H2,2H3,(H,15,17). The molecule has 1 aliphatic carbocycles. The maximum absolute atomic E-state index is 12.1. The van der Waals surface area contributed by atoms with E-state index in [1.807, 2.05) is 0 Å². The molecule has 2 amide bonds. The summed E-state index contributed by atoms with van der Waals surface area (Å²) in [6.07, 6.45) is 5.22. The molecule has 0 aromatic heterocycles. The third-order valence-corrected chi connectivity index (χ3v) is 7.31. The second-order valence-corrected chi connectivity index (χ2v) is 8.30. The van der Waals surface area contributed by atoms with Gasteiger partial charge in [0.25, 0.3) is 0 Å². The third-order valence-electron chi connectivity index (χ3n) is 4.61. The van der Waals surface area contributed by atoms with Crippen molar-refractivity contribution in [2.24, 2.45) is 0 Å². The highest BCUT2D eigenvalue weighted by Crippen LogP contribution is 2.45. The number of carbonyl (C=O) groups is 2. The van der Waals surface area contributed by atoms with Crippen LogP contribution in [0.4, 0.5) is 0 Å². The number of hydrogen-bond acceptors (Lipinski definition) is 4. The fourth-order valence-electron chi connectivity index (χ4n) is 3.33. The van der Waals surface area contributed by atoms with E-state index in [2.05, 4.69) is 11.9 Å². The number of likely N-dealkylation sites (N-methyl/N-ethyl adjacent to an activating group) is 1. The average molecular weight is 314 g/mol. The van der Waals surface area contributed by atoms with E-state index < -0.39 is 14.6 Å². The zero-order chi connectivity index (χ0) is 15.7. The van der Waals surface area contributed by atoms with Gasteiger partial charge in [0.05, 0.1) is 23.1 Å². The largest absolute Gasteiger partial charge is 0.349 e. The van der Waals surface area contributed by atoms with Gasteiger partial charge < -0.3 is 10.2 Å². The molecule has 1 heterocycles. The van der Waals surface area contributed by atoms with Gasteiger partial charge in [0.1, 0.15) is 0 Å². The highest BCUT2D eigenvalue weighted by Gasteiger charge is 2.60. The highest BCUT2D eigenvalue weighted by molar-refractivity contribution is 7.94. The molecule has 118 valence electrons. The normalized spacial score (nSPS) is 25.7. The summed E-state index contributed by atoms with van der Waals surface area (Å²) < 4.78 is 23.5. The first-order valence-electron chi connectivity index (χ1n) is 7.21. The number of nitrogens with zero attached hydrogens (tertiary/aromatic N) is 1. The van der Waals surface area contributed by atoms with Crippen molar-refractivity contribution in [1.82, 2.24) is 10.2 Å². The molecule has 1 atom stereocenters. The molecule has 1 N–H and O–H groups in total. The first-order valence-corrected chi connectivity index (χ1v) is 8.87. The molecule has 0 radical (unpaired) electrons. The number of rotatable bonds is 4. The maximum Gasteiger partial charge on any atom is 0.246 e. The Kier molecular flexibility index (Phi) is 4.41. The van der Waals surface area contributed by atoms with Gasteiger partial charge in [-0.25, -0.2) is 8.42 Å². The number of sulfone groups is 1. The Morgan fingerprint density at radius 2 is 1.95 bits per heavy atom. The van der Waals surface area contributed by atoms with E-state index in [4.69, 9.17) is 0 Å². The molecule has 2 aliphatic rings. The zero-order valence-electron chi connectivity index (χ0n) is 12.3. The van der Waals surface area contributed by atoms with Crippen LogP contribution in [0.2, 0.25) is 0 Å². The molecular formula is C14H22N2O4S. The molecule has 1 aliphatic heterocycles. The van der Waals surface area contributed by atoms with Gasteiger partial charge in [-0.1, -0.05) is 25.8 Å². The predicted octanol–water partition coefficient (Wildman–Crippen LogP) is 0.247. The van der Waals surface area contributed by atoms with Crippen LogP contribution in [0.15, 0.2) is 12.7 Å². The van der Waals surface area contributed by atoms with Crippen LogP contribution in [-0.2, 0) is 19.4 Å². The van der Waals surface area contributed by atoms with Gasteiger partial charge in [-0.2, -0.15) is 0 Å². The van der Waals surface area contributed by atoms with Crippen LogP contribution in [-0.4, -0.2) is 55.3 Å². The van der Waals surface area contributed by atoms with E-state index in [0.29, 0.717) is 12.8 Å². The van der Waals surface area contributed by atoms with Gasteiger partial charge in [0.15, 0.2) is 9.84 Å². The van der Waals surface area contributed by atoms with Crippen LogP contribution in [0.3, 0.4) is 0 Å². The lowest BCUT2D eigenvalue weighted by atomic mass is 9.82. The monoisotopic (exact) mass is 314 g/mol. The zero-order valence-corrected chi connectivity index (χ0v) is 13.1. The van der Waals surface area contributed by atoms with Crippen LogP contribution in [0.25, 0.3) is 0 Å². The Morgan fingerprint density at radius 1 is 1.33 bits per heavy atom. The maximum atomic E-state index is 12.1. The van der Waals surface area contributed by atoms with Gasteiger partial charge in [-0.3, -0.25) is 9.59 Å². The molecule has 1 saturated carbocycles. The van der Waals surface area contributed by atoms with Crippen LogP contribution >= 0.6 is 0 Å². The second-order valence-electron chi connectivity index (χ2n) is 5.93. The van der Waals surface area contributed by atoms with Crippen LogP contribution in [0, 0.1) is 0 Å². The van der Waals surface area contributed by atoms with Crippen molar-refractivity contribution in [2.75, 3.05) is 19.3 Å². The average Bonchev–Trinajstić information content (AvgIpc) is 2.46. The molecule has 6 nitrogen and oxygen atoms in total. The number of carbonyl (C=O) groups excluding carboxylic acids is 2. The van der Waals surface area contributed by atoms with E-state index in [-0.39, 0.29) is 30.2 Å². The lowest BCUT2D eigenvalue weighted by Crippen LogP contribution is -2.70. The number of amides is 2. The molecule has 0 aromatic carbocycles.